The molecule has 0 fully saturated rings. The second-order valence-corrected chi connectivity index (χ2v) is 5.82. The Morgan fingerprint density at radius 1 is 1.26 bits per heavy atom. The minimum absolute atomic E-state index is 0.204. The third-order valence-corrected chi connectivity index (χ3v) is 2.21. The largest absolute Gasteiger partial charge is 0.444 e. The van der Waals surface area contributed by atoms with E-state index in [1.165, 1.54) is 0 Å². The molecule has 0 aliphatic carbocycles. The van der Waals surface area contributed by atoms with Gasteiger partial charge >= 0.3 is 6.09 Å². The first-order valence-corrected chi connectivity index (χ1v) is 6.54. The molecule has 0 radical (unpaired) electrons. The highest BCUT2D eigenvalue weighted by Gasteiger charge is 2.20. The van der Waals surface area contributed by atoms with Gasteiger partial charge in [0.05, 0.1) is 0 Å². The van der Waals surface area contributed by atoms with E-state index in [1.54, 1.807) is 27.7 Å². The molecule has 112 valence electrons. The van der Waals surface area contributed by atoms with Crippen molar-refractivity contribution in [2.24, 2.45) is 0 Å². The molecule has 6 heteroatoms. The van der Waals surface area contributed by atoms with Crippen molar-refractivity contribution < 1.29 is 14.3 Å². The molecule has 0 aliphatic heterocycles. The lowest BCUT2D eigenvalue weighted by molar-refractivity contribution is -0.122. The predicted molar refractivity (Wildman–Crippen MR) is 75.0 cm³/mol. The van der Waals surface area contributed by atoms with Crippen LogP contribution in [0, 0.1) is 0 Å². The van der Waals surface area contributed by atoms with Crippen LogP contribution < -0.4 is 10.6 Å². The maximum Gasteiger partial charge on any atom is 0.408 e. The average Bonchev–Trinajstić information content (AvgIpc) is 2.20. The lowest BCUT2D eigenvalue weighted by Crippen LogP contribution is -2.46. The third-order valence-electron chi connectivity index (χ3n) is 2.21. The zero-order valence-corrected chi connectivity index (χ0v) is 12.9. The Bertz CT molecular complexity index is 298. The van der Waals surface area contributed by atoms with Crippen molar-refractivity contribution in [2.45, 2.75) is 45.8 Å². The minimum Gasteiger partial charge on any atom is -0.444 e. The molecule has 2 N–H and O–H groups in total. The molecule has 19 heavy (non-hydrogen) atoms. The van der Waals surface area contributed by atoms with Crippen LogP contribution >= 0.6 is 0 Å². The summed E-state index contributed by atoms with van der Waals surface area (Å²) in [5.41, 5.74) is -0.564. The van der Waals surface area contributed by atoms with Gasteiger partial charge in [0, 0.05) is 6.54 Å². The normalized spacial score (nSPS) is 13.0. The van der Waals surface area contributed by atoms with Crippen LogP contribution in [0.3, 0.4) is 0 Å². The monoisotopic (exact) mass is 273 g/mol. The van der Waals surface area contributed by atoms with Gasteiger partial charge in [0.1, 0.15) is 11.6 Å². The number of nitrogens with zero attached hydrogens (tertiary/aromatic N) is 1. The molecule has 0 aromatic heterocycles. The van der Waals surface area contributed by atoms with Gasteiger partial charge in [-0.15, -0.1) is 0 Å². The summed E-state index contributed by atoms with van der Waals surface area (Å²) in [5, 5.41) is 5.27. The van der Waals surface area contributed by atoms with E-state index in [0.717, 1.165) is 13.0 Å². The molecule has 0 aromatic carbocycles. The fourth-order valence-corrected chi connectivity index (χ4v) is 1.31. The van der Waals surface area contributed by atoms with Crippen LogP contribution in [-0.4, -0.2) is 55.7 Å². The van der Waals surface area contributed by atoms with E-state index in [1.807, 2.05) is 14.1 Å². The molecule has 2 amide bonds. The first-order chi connectivity index (χ1) is 8.61. The number of ether oxygens (including phenoxy) is 1. The van der Waals surface area contributed by atoms with Gasteiger partial charge < -0.3 is 20.3 Å². The van der Waals surface area contributed by atoms with E-state index >= 15 is 0 Å². The first-order valence-electron chi connectivity index (χ1n) is 6.54. The van der Waals surface area contributed by atoms with Crippen LogP contribution in [0.4, 0.5) is 4.79 Å². The second-order valence-electron chi connectivity index (χ2n) is 5.82. The Balaban J connectivity index is 3.90. The number of nitrogens with one attached hydrogen (secondary N) is 2. The molecule has 1 atom stereocenters. The molecule has 0 aliphatic rings. The van der Waals surface area contributed by atoms with E-state index < -0.39 is 17.7 Å². The number of hydrogen-bond donors (Lipinski definition) is 2. The van der Waals surface area contributed by atoms with Gasteiger partial charge in [-0.25, -0.2) is 4.79 Å². The van der Waals surface area contributed by atoms with E-state index in [4.69, 9.17) is 4.74 Å². The molecular formula is C13H27N3O3. The molecule has 0 spiro atoms. The van der Waals surface area contributed by atoms with E-state index in [0.29, 0.717) is 6.54 Å². The quantitative estimate of drug-likeness (QED) is 0.707. The van der Waals surface area contributed by atoms with Gasteiger partial charge in [0.2, 0.25) is 5.91 Å². The number of amides is 2. The molecule has 0 saturated heterocycles. The molecule has 6 nitrogen and oxygen atoms in total. The van der Waals surface area contributed by atoms with Crippen molar-refractivity contribution in [3.8, 4) is 0 Å². The topological polar surface area (TPSA) is 70.7 Å². The van der Waals surface area contributed by atoms with Crippen LogP contribution in [0.15, 0.2) is 0 Å². The van der Waals surface area contributed by atoms with Gasteiger partial charge in [0.25, 0.3) is 0 Å². The molecule has 0 heterocycles. The van der Waals surface area contributed by atoms with E-state index in [9.17, 15) is 9.59 Å². The fraction of sp³-hybridized carbons (Fsp3) is 0.846. The Hall–Kier alpha value is -1.30. The molecule has 1 unspecified atom stereocenters. The van der Waals surface area contributed by atoms with E-state index in [2.05, 4.69) is 15.5 Å². The maximum atomic E-state index is 11.7. The number of carbonyl (C=O) groups excluding carboxylic acids is 2. The fourth-order valence-electron chi connectivity index (χ4n) is 1.31. The highest BCUT2D eigenvalue weighted by Crippen LogP contribution is 2.06. The maximum absolute atomic E-state index is 11.7. The molecular weight excluding hydrogens is 246 g/mol. The molecule has 0 aromatic rings. The third kappa shape index (κ3) is 10.3. The lowest BCUT2D eigenvalue weighted by Gasteiger charge is -2.21. The number of carbonyl (C=O) groups is 2. The summed E-state index contributed by atoms with van der Waals surface area (Å²) in [7, 11) is 3.96. The predicted octanol–water partition coefficient (Wildman–Crippen LogP) is 0.968. The molecule has 0 bridgehead atoms. The summed E-state index contributed by atoms with van der Waals surface area (Å²) in [4.78, 5) is 25.2. The smallest absolute Gasteiger partial charge is 0.408 e. The van der Waals surface area contributed by atoms with Crippen molar-refractivity contribution in [1.29, 1.82) is 0 Å². The average molecular weight is 273 g/mol. The number of hydrogen-bond acceptors (Lipinski definition) is 4. The van der Waals surface area contributed by atoms with Crippen LogP contribution in [0.5, 0.6) is 0 Å². The molecule has 0 rings (SSSR count). The van der Waals surface area contributed by atoms with Crippen molar-refractivity contribution in [2.75, 3.05) is 27.2 Å². The summed E-state index contributed by atoms with van der Waals surface area (Å²) in [6.45, 7) is 8.46. The summed E-state index contributed by atoms with van der Waals surface area (Å²) in [6.07, 6.45) is 0.293. The van der Waals surface area contributed by atoms with Crippen molar-refractivity contribution in [3.63, 3.8) is 0 Å². The summed E-state index contributed by atoms with van der Waals surface area (Å²) >= 11 is 0. The van der Waals surface area contributed by atoms with Crippen LogP contribution in [0.2, 0.25) is 0 Å². The van der Waals surface area contributed by atoms with Gasteiger partial charge in [0.15, 0.2) is 0 Å². The van der Waals surface area contributed by atoms with Gasteiger partial charge in [-0.05, 0) is 54.8 Å². The first kappa shape index (κ1) is 17.7. The Morgan fingerprint density at radius 3 is 2.32 bits per heavy atom. The van der Waals surface area contributed by atoms with Gasteiger partial charge in [-0.3, -0.25) is 4.79 Å². The van der Waals surface area contributed by atoms with Crippen LogP contribution in [-0.2, 0) is 9.53 Å². The van der Waals surface area contributed by atoms with Crippen molar-refractivity contribution in [1.82, 2.24) is 15.5 Å². The summed E-state index contributed by atoms with van der Waals surface area (Å²) in [5.74, 6) is -0.204. The number of alkyl carbamates (subject to hydrolysis) is 1. The highest BCUT2D eigenvalue weighted by atomic mass is 16.6. The summed E-state index contributed by atoms with van der Waals surface area (Å²) in [6, 6.07) is -0.603. The van der Waals surface area contributed by atoms with Gasteiger partial charge in [-0.2, -0.15) is 0 Å². The lowest BCUT2D eigenvalue weighted by atomic mass is 10.2. The van der Waals surface area contributed by atoms with Crippen LogP contribution in [0.25, 0.3) is 0 Å². The Labute approximate surface area is 115 Å². The highest BCUT2D eigenvalue weighted by molar-refractivity contribution is 5.85. The SMILES string of the molecule is CC(NC(=O)OC(C)(C)C)C(=O)NCCCN(C)C. The van der Waals surface area contributed by atoms with Crippen molar-refractivity contribution >= 4 is 12.0 Å². The molecule has 0 saturated carbocycles. The second kappa shape index (κ2) is 7.99. The Morgan fingerprint density at radius 2 is 1.84 bits per heavy atom. The van der Waals surface area contributed by atoms with Crippen molar-refractivity contribution in [3.05, 3.63) is 0 Å². The zero-order chi connectivity index (χ0) is 15.1. The van der Waals surface area contributed by atoms with E-state index in [-0.39, 0.29) is 5.91 Å². The standard InChI is InChI=1S/C13H27N3O3/c1-10(15-12(18)19-13(2,3)4)11(17)14-8-7-9-16(5)6/h10H,7-9H2,1-6H3,(H,14,17)(H,15,18). The minimum atomic E-state index is -0.603. The number of rotatable bonds is 6. The van der Waals surface area contributed by atoms with Gasteiger partial charge in [-0.1, -0.05) is 0 Å². The summed E-state index contributed by atoms with van der Waals surface area (Å²) < 4.78 is 5.08. The zero-order valence-electron chi connectivity index (χ0n) is 12.9. The van der Waals surface area contributed by atoms with Crippen LogP contribution in [0.1, 0.15) is 34.1 Å². The Kier molecular flexibility index (Phi) is 7.44.